The van der Waals surface area contributed by atoms with E-state index < -0.39 is 41.5 Å². The third-order valence-corrected chi connectivity index (χ3v) is 2.42. The molecule has 10 heteroatoms. The van der Waals surface area contributed by atoms with Crippen LogP contribution >= 0.6 is 0 Å². The molecule has 0 aliphatic heterocycles. The molecule has 0 bridgehead atoms. The number of rotatable bonds is 6. The molecule has 7 nitrogen and oxygen atoms in total. The van der Waals surface area contributed by atoms with Gasteiger partial charge in [0, 0.05) is 12.1 Å². The van der Waals surface area contributed by atoms with Crippen LogP contribution in [0.4, 0.5) is 24.5 Å². The molecular weight excluding hydrogens is 297 g/mol. The van der Waals surface area contributed by atoms with E-state index >= 15 is 0 Å². The number of nitrogens with zero attached hydrogens (tertiary/aromatic N) is 2. The van der Waals surface area contributed by atoms with Crippen molar-refractivity contribution in [3.63, 3.8) is 0 Å². The van der Waals surface area contributed by atoms with Crippen LogP contribution in [0.2, 0.25) is 0 Å². The van der Waals surface area contributed by atoms with Gasteiger partial charge in [0.2, 0.25) is 0 Å². The van der Waals surface area contributed by atoms with Crippen LogP contribution in [0.5, 0.6) is 5.75 Å². The second-order valence-corrected chi connectivity index (χ2v) is 3.98. The number of carboxylic acid groups (broad SMARTS) is 1. The first-order valence-corrected chi connectivity index (χ1v) is 5.50. The minimum absolute atomic E-state index is 0.0770. The SMILES string of the molecule is COc1ccc([N+](=O)[O-])c(N(CC(=O)O)CC(F)(F)F)c1. The van der Waals surface area contributed by atoms with E-state index in [1.54, 1.807) is 0 Å². The van der Waals surface area contributed by atoms with Crippen LogP contribution in [-0.4, -0.2) is 42.4 Å². The number of methoxy groups -OCH3 is 1. The van der Waals surface area contributed by atoms with Crippen molar-refractivity contribution in [3.05, 3.63) is 28.3 Å². The summed E-state index contributed by atoms with van der Waals surface area (Å²) < 4.78 is 42.4. The van der Waals surface area contributed by atoms with Gasteiger partial charge in [-0.25, -0.2) is 0 Å². The van der Waals surface area contributed by atoms with Crippen LogP contribution in [0, 0.1) is 10.1 Å². The highest BCUT2D eigenvalue weighted by Gasteiger charge is 2.34. The highest BCUT2D eigenvalue weighted by Crippen LogP contribution is 2.33. The zero-order valence-corrected chi connectivity index (χ0v) is 10.8. The van der Waals surface area contributed by atoms with E-state index in [4.69, 9.17) is 9.84 Å². The average molecular weight is 308 g/mol. The molecule has 0 saturated heterocycles. The number of carboxylic acids is 1. The predicted octanol–water partition coefficient (Wildman–Crippen LogP) is 2.06. The molecule has 0 aromatic heterocycles. The molecule has 1 aromatic rings. The second kappa shape index (κ2) is 6.29. The van der Waals surface area contributed by atoms with Crippen LogP contribution in [0.15, 0.2) is 18.2 Å². The molecule has 1 N–H and O–H groups in total. The van der Waals surface area contributed by atoms with Crippen molar-refractivity contribution >= 4 is 17.3 Å². The van der Waals surface area contributed by atoms with Gasteiger partial charge in [0.1, 0.15) is 24.5 Å². The number of hydrogen-bond acceptors (Lipinski definition) is 5. The van der Waals surface area contributed by atoms with Gasteiger partial charge in [-0.2, -0.15) is 13.2 Å². The second-order valence-electron chi connectivity index (χ2n) is 3.98. The van der Waals surface area contributed by atoms with Crippen molar-refractivity contribution in [2.45, 2.75) is 6.18 Å². The number of carbonyl (C=O) groups is 1. The first-order chi connectivity index (χ1) is 9.64. The predicted molar refractivity (Wildman–Crippen MR) is 65.6 cm³/mol. The molecule has 0 unspecified atom stereocenters. The van der Waals surface area contributed by atoms with Crippen molar-refractivity contribution in [2.24, 2.45) is 0 Å². The van der Waals surface area contributed by atoms with Gasteiger partial charge in [-0.05, 0) is 6.07 Å². The third-order valence-electron chi connectivity index (χ3n) is 2.42. The van der Waals surface area contributed by atoms with Crippen LogP contribution in [0.25, 0.3) is 0 Å². The molecule has 1 rings (SSSR count). The molecule has 0 aliphatic carbocycles. The molecule has 0 radical (unpaired) electrons. The normalized spacial score (nSPS) is 11.0. The number of hydrogen-bond donors (Lipinski definition) is 1. The van der Waals surface area contributed by atoms with Gasteiger partial charge in [-0.3, -0.25) is 14.9 Å². The van der Waals surface area contributed by atoms with Gasteiger partial charge >= 0.3 is 12.1 Å². The van der Waals surface area contributed by atoms with Crippen molar-refractivity contribution in [3.8, 4) is 5.75 Å². The zero-order valence-electron chi connectivity index (χ0n) is 10.8. The number of anilines is 1. The highest BCUT2D eigenvalue weighted by atomic mass is 19.4. The van der Waals surface area contributed by atoms with E-state index in [0.29, 0.717) is 4.90 Å². The summed E-state index contributed by atoms with van der Waals surface area (Å²) in [6.07, 6.45) is -4.72. The lowest BCUT2D eigenvalue weighted by atomic mass is 10.2. The largest absolute Gasteiger partial charge is 0.497 e. The summed E-state index contributed by atoms with van der Waals surface area (Å²) in [5.74, 6) is -1.47. The number of nitro groups is 1. The third kappa shape index (κ3) is 4.82. The molecule has 0 spiro atoms. The van der Waals surface area contributed by atoms with Crippen molar-refractivity contribution < 1.29 is 32.7 Å². The molecule has 0 heterocycles. The zero-order chi connectivity index (χ0) is 16.2. The Hall–Kier alpha value is -2.52. The Labute approximate surface area is 116 Å². The van der Waals surface area contributed by atoms with Gasteiger partial charge < -0.3 is 14.7 Å². The van der Waals surface area contributed by atoms with Gasteiger partial charge in [0.05, 0.1) is 12.0 Å². The summed E-state index contributed by atoms with van der Waals surface area (Å²) in [6, 6.07) is 3.15. The average Bonchev–Trinajstić information content (AvgIpc) is 2.34. The van der Waals surface area contributed by atoms with Crippen molar-refractivity contribution in [1.29, 1.82) is 0 Å². The number of benzene rings is 1. The molecule has 21 heavy (non-hydrogen) atoms. The highest BCUT2D eigenvalue weighted by molar-refractivity contribution is 5.76. The summed E-state index contributed by atoms with van der Waals surface area (Å²) >= 11 is 0. The Bertz CT molecular complexity index is 547. The van der Waals surface area contributed by atoms with E-state index in [1.165, 1.54) is 13.2 Å². The van der Waals surface area contributed by atoms with Crippen molar-refractivity contribution in [2.75, 3.05) is 25.1 Å². The van der Waals surface area contributed by atoms with Gasteiger partial charge in [0.15, 0.2) is 0 Å². The fourth-order valence-electron chi connectivity index (χ4n) is 1.64. The van der Waals surface area contributed by atoms with E-state index in [0.717, 1.165) is 12.1 Å². The number of aliphatic carboxylic acids is 1. The van der Waals surface area contributed by atoms with Crippen LogP contribution in [0.3, 0.4) is 0 Å². The molecule has 0 amide bonds. The van der Waals surface area contributed by atoms with Crippen molar-refractivity contribution in [1.82, 2.24) is 0 Å². The monoisotopic (exact) mass is 308 g/mol. The quantitative estimate of drug-likeness (QED) is 0.638. The summed E-state index contributed by atoms with van der Waals surface area (Å²) in [5.41, 5.74) is -1.11. The lowest BCUT2D eigenvalue weighted by Gasteiger charge is -2.24. The smallest absolute Gasteiger partial charge is 0.405 e. The topological polar surface area (TPSA) is 92.9 Å². The molecule has 116 valence electrons. The summed E-state index contributed by atoms with van der Waals surface area (Å²) in [6.45, 7) is -2.67. The summed E-state index contributed by atoms with van der Waals surface area (Å²) in [7, 11) is 1.23. The Morgan fingerprint density at radius 2 is 2.10 bits per heavy atom. The molecular formula is C11H11F3N2O5. The van der Waals surface area contributed by atoms with E-state index in [1.807, 2.05) is 0 Å². The standard InChI is InChI=1S/C11H11F3N2O5/c1-21-7-2-3-8(16(19)20)9(4-7)15(5-10(17)18)6-11(12,13)14/h2-4H,5-6H2,1H3,(H,17,18). The first kappa shape index (κ1) is 16.5. The Kier molecular flexibility index (Phi) is 4.95. The van der Waals surface area contributed by atoms with Crippen LogP contribution < -0.4 is 9.64 Å². The Morgan fingerprint density at radius 1 is 1.48 bits per heavy atom. The van der Waals surface area contributed by atoms with Crippen LogP contribution in [-0.2, 0) is 4.79 Å². The summed E-state index contributed by atoms with van der Waals surface area (Å²) in [5, 5.41) is 19.6. The number of alkyl halides is 3. The molecule has 0 atom stereocenters. The molecule has 0 aliphatic rings. The molecule has 1 aromatic carbocycles. The van der Waals surface area contributed by atoms with E-state index in [9.17, 15) is 28.1 Å². The maximum absolute atomic E-state index is 12.5. The lowest BCUT2D eigenvalue weighted by molar-refractivity contribution is -0.384. The Balaban J connectivity index is 3.32. The number of nitro benzene ring substituents is 1. The van der Waals surface area contributed by atoms with Gasteiger partial charge in [0.25, 0.3) is 5.69 Å². The number of ether oxygens (including phenoxy) is 1. The fraction of sp³-hybridized carbons (Fsp3) is 0.364. The minimum atomic E-state index is -4.72. The molecule has 0 fully saturated rings. The first-order valence-electron chi connectivity index (χ1n) is 5.50. The Morgan fingerprint density at radius 3 is 2.52 bits per heavy atom. The fourth-order valence-corrected chi connectivity index (χ4v) is 1.64. The lowest BCUT2D eigenvalue weighted by Crippen LogP contribution is -2.38. The molecule has 0 saturated carbocycles. The maximum atomic E-state index is 12.5. The van der Waals surface area contributed by atoms with E-state index in [-0.39, 0.29) is 5.75 Å². The van der Waals surface area contributed by atoms with Gasteiger partial charge in [-0.15, -0.1) is 0 Å². The van der Waals surface area contributed by atoms with Crippen LogP contribution in [0.1, 0.15) is 0 Å². The maximum Gasteiger partial charge on any atom is 0.405 e. The number of halogens is 3. The van der Waals surface area contributed by atoms with Gasteiger partial charge in [-0.1, -0.05) is 0 Å². The summed E-state index contributed by atoms with van der Waals surface area (Å²) in [4.78, 5) is 21.1. The minimum Gasteiger partial charge on any atom is -0.497 e. The van der Waals surface area contributed by atoms with E-state index in [2.05, 4.69) is 0 Å².